The zero-order valence-electron chi connectivity index (χ0n) is 10.9. The first-order valence-electron chi connectivity index (χ1n) is 6.48. The lowest BCUT2D eigenvalue weighted by atomic mass is 10.3. The fourth-order valence-electron chi connectivity index (χ4n) is 2.08. The lowest BCUT2D eigenvalue weighted by Crippen LogP contribution is -2.28. The molecule has 2 rings (SSSR count). The van der Waals surface area contributed by atoms with Crippen molar-refractivity contribution < 1.29 is 13.2 Å². The minimum Gasteiger partial charge on any atom is -0.492 e. The van der Waals surface area contributed by atoms with Crippen LogP contribution in [0.4, 0.5) is 0 Å². The molecule has 0 spiro atoms. The fraction of sp³-hybridized carbons (Fsp3) is 0.538. The number of ether oxygens (including phenoxy) is 1. The van der Waals surface area contributed by atoms with E-state index in [1.807, 2.05) is 6.92 Å². The summed E-state index contributed by atoms with van der Waals surface area (Å²) in [7, 11) is -3.50. The van der Waals surface area contributed by atoms with Crippen molar-refractivity contribution in [1.29, 1.82) is 0 Å². The van der Waals surface area contributed by atoms with Gasteiger partial charge < -0.3 is 4.74 Å². The van der Waals surface area contributed by atoms with Crippen molar-refractivity contribution in [3.05, 3.63) is 23.2 Å². The average Bonchev–Trinajstić information content (AvgIpc) is 2.91. The molecule has 0 saturated carbocycles. The smallest absolute Gasteiger partial charge is 0.246 e. The number of nitrogens with zero attached hydrogens (tertiary/aromatic N) is 1. The third kappa shape index (κ3) is 3.22. The highest BCUT2D eigenvalue weighted by Gasteiger charge is 2.30. The zero-order valence-corrected chi connectivity index (χ0v) is 12.5. The molecule has 0 aliphatic carbocycles. The van der Waals surface area contributed by atoms with E-state index in [1.54, 1.807) is 12.1 Å². The van der Waals surface area contributed by atoms with E-state index in [0.717, 1.165) is 19.3 Å². The number of halogens is 1. The van der Waals surface area contributed by atoms with Gasteiger partial charge in [-0.3, -0.25) is 0 Å². The summed E-state index contributed by atoms with van der Waals surface area (Å²) in [5, 5.41) is 0.404. The van der Waals surface area contributed by atoms with Crippen LogP contribution in [0.25, 0.3) is 0 Å². The Bertz CT molecular complexity index is 539. The van der Waals surface area contributed by atoms with E-state index in [4.69, 9.17) is 16.3 Å². The Morgan fingerprint density at radius 2 is 2.00 bits per heavy atom. The van der Waals surface area contributed by atoms with Crippen LogP contribution in [0.3, 0.4) is 0 Å². The number of hydrogen-bond acceptors (Lipinski definition) is 3. The van der Waals surface area contributed by atoms with Gasteiger partial charge in [0.05, 0.1) is 6.61 Å². The van der Waals surface area contributed by atoms with E-state index < -0.39 is 10.0 Å². The van der Waals surface area contributed by atoms with E-state index >= 15 is 0 Å². The van der Waals surface area contributed by atoms with Crippen LogP contribution in [0.1, 0.15) is 26.2 Å². The molecule has 1 heterocycles. The van der Waals surface area contributed by atoms with Crippen LogP contribution in [-0.4, -0.2) is 32.4 Å². The van der Waals surface area contributed by atoms with Crippen molar-refractivity contribution in [2.75, 3.05) is 19.7 Å². The van der Waals surface area contributed by atoms with E-state index in [1.165, 1.54) is 10.4 Å². The number of sulfonamides is 1. The number of benzene rings is 1. The van der Waals surface area contributed by atoms with Crippen molar-refractivity contribution in [3.63, 3.8) is 0 Å². The maximum Gasteiger partial charge on any atom is 0.246 e. The number of hydrogen-bond donors (Lipinski definition) is 0. The van der Waals surface area contributed by atoms with Crippen molar-refractivity contribution in [2.45, 2.75) is 31.1 Å². The van der Waals surface area contributed by atoms with Gasteiger partial charge in [-0.1, -0.05) is 18.5 Å². The van der Waals surface area contributed by atoms with Crippen LogP contribution in [0.2, 0.25) is 5.02 Å². The predicted molar refractivity (Wildman–Crippen MR) is 75.2 cm³/mol. The van der Waals surface area contributed by atoms with Crippen LogP contribution in [0.15, 0.2) is 23.1 Å². The van der Waals surface area contributed by atoms with Gasteiger partial charge in [0, 0.05) is 18.1 Å². The van der Waals surface area contributed by atoms with Crippen LogP contribution < -0.4 is 4.74 Å². The quantitative estimate of drug-likeness (QED) is 0.840. The summed E-state index contributed by atoms with van der Waals surface area (Å²) in [5.74, 6) is 0.387. The van der Waals surface area contributed by atoms with Crippen molar-refractivity contribution in [1.82, 2.24) is 4.31 Å². The minimum atomic E-state index is -3.50. The second kappa shape index (κ2) is 6.11. The Kier molecular flexibility index (Phi) is 4.71. The molecule has 1 aliphatic heterocycles. The van der Waals surface area contributed by atoms with Crippen molar-refractivity contribution >= 4 is 21.6 Å². The molecule has 1 aliphatic rings. The first kappa shape index (κ1) is 14.6. The molecule has 0 amide bonds. The maximum atomic E-state index is 12.6. The molecule has 0 radical (unpaired) electrons. The summed E-state index contributed by atoms with van der Waals surface area (Å²) in [6.07, 6.45) is 2.64. The Balaban J connectivity index is 2.38. The topological polar surface area (TPSA) is 46.6 Å². The SMILES string of the molecule is CCCOc1ccc(Cl)cc1S(=O)(=O)N1CCCC1. The molecule has 4 nitrogen and oxygen atoms in total. The van der Waals surface area contributed by atoms with Gasteiger partial charge in [0.15, 0.2) is 0 Å². The first-order valence-corrected chi connectivity index (χ1v) is 8.30. The molecule has 0 unspecified atom stereocenters. The molecule has 1 saturated heterocycles. The van der Waals surface area contributed by atoms with Crippen LogP contribution in [0, 0.1) is 0 Å². The molecule has 1 fully saturated rings. The van der Waals surface area contributed by atoms with Gasteiger partial charge in [-0.15, -0.1) is 0 Å². The van der Waals surface area contributed by atoms with Gasteiger partial charge in [-0.25, -0.2) is 8.42 Å². The standard InChI is InChI=1S/C13H18ClNO3S/c1-2-9-18-12-6-5-11(14)10-13(12)19(16,17)15-7-3-4-8-15/h5-6,10H,2-4,7-9H2,1H3. The fourth-order valence-corrected chi connectivity index (χ4v) is 3.99. The van der Waals surface area contributed by atoms with Gasteiger partial charge in [-0.2, -0.15) is 4.31 Å². The predicted octanol–water partition coefficient (Wildman–Crippen LogP) is 2.91. The summed E-state index contributed by atoms with van der Waals surface area (Å²) in [4.78, 5) is 0.176. The molecule has 1 aromatic carbocycles. The van der Waals surface area contributed by atoms with Gasteiger partial charge >= 0.3 is 0 Å². The summed E-state index contributed by atoms with van der Waals surface area (Å²) in [6.45, 7) is 3.61. The lowest BCUT2D eigenvalue weighted by Gasteiger charge is -2.18. The van der Waals surface area contributed by atoms with E-state index in [2.05, 4.69) is 0 Å². The van der Waals surface area contributed by atoms with Crippen molar-refractivity contribution in [3.8, 4) is 5.75 Å². The lowest BCUT2D eigenvalue weighted by molar-refractivity contribution is 0.308. The van der Waals surface area contributed by atoms with Gasteiger partial charge in [-0.05, 0) is 37.5 Å². The Labute approximate surface area is 119 Å². The molecule has 0 N–H and O–H groups in total. The highest BCUT2D eigenvalue weighted by molar-refractivity contribution is 7.89. The molecule has 1 aromatic rings. The third-order valence-corrected chi connectivity index (χ3v) is 5.21. The normalized spacial score (nSPS) is 16.7. The zero-order chi connectivity index (χ0) is 13.9. The molecular weight excluding hydrogens is 286 g/mol. The highest BCUT2D eigenvalue weighted by atomic mass is 35.5. The molecule has 6 heteroatoms. The molecule has 19 heavy (non-hydrogen) atoms. The van der Waals surface area contributed by atoms with Crippen molar-refractivity contribution in [2.24, 2.45) is 0 Å². The molecule has 0 aromatic heterocycles. The highest BCUT2D eigenvalue weighted by Crippen LogP contribution is 2.31. The first-order chi connectivity index (χ1) is 9.05. The molecule has 0 atom stereocenters. The summed E-state index contributed by atoms with van der Waals surface area (Å²) in [5.41, 5.74) is 0. The third-order valence-electron chi connectivity index (χ3n) is 3.05. The largest absolute Gasteiger partial charge is 0.492 e. The minimum absolute atomic E-state index is 0.176. The Hall–Kier alpha value is -0.780. The molecular formula is C13H18ClNO3S. The van der Waals surface area contributed by atoms with E-state index in [-0.39, 0.29) is 4.90 Å². The van der Waals surface area contributed by atoms with E-state index in [9.17, 15) is 8.42 Å². The number of rotatable bonds is 5. The van der Waals surface area contributed by atoms with Crippen LogP contribution >= 0.6 is 11.6 Å². The Morgan fingerprint density at radius 3 is 2.63 bits per heavy atom. The van der Waals surface area contributed by atoms with E-state index in [0.29, 0.717) is 30.5 Å². The second-order valence-corrected chi connectivity index (χ2v) is 6.89. The Morgan fingerprint density at radius 1 is 1.32 bits per heavy atom. The maximum absolute atomic E-state index is 12.6. The summed E-state index contributed by atoms with van der Waals surface area (Å²) >= 11 is 5.93. The molecule has 0 bridgehead atoms. The van der Waals surface area contributed by atoms with Crippen LogP contribution in [-0.2, 0) is 10.0 Å². The summed E-state index contributed by atoms with van der Waals surface area (Å²) < 4.78 is 32.1. The summed E-state index contributed by atoms with van der Waals surface area (Å²) in [6, 6.07) is 4.75. The molecule has 106 valence electrons. The van der Waals surface area contributed by atoms with Gasteiger partial charge in [0.2, 0.25) is 10.0 Å². The van der Waals surface area contributed by atoms with Gasteiger partial charge in [0.1, 0.15) is 10.6 Å². The van der Waals surface area contributed by atoms with Gasteiger partial charge in [0.25, 0.3) is 0 Å². The van der Waals surface area contributed by atoms with Crippen LogP contribution in [0.5, 0.6) is 5.75 Å². The monoisotopic (exact) mass is 303 g/mol. The average molecular weight is 304 g/mol. The second-order valence-electron chi connectivity index (χ2n) is 4.55.